The summed E-state index contributed by atoms with van der Waals surface area (Å²) < 4.78 is 16.0. The summed E-state index contributed by atoms with van der Waals surface area (Å²) in [5.41, 5.74) is 0.959. The summed E-state index contributed by atoms with van der Waals surface area (Å²) in [6.45, 7) is 2.66. The van der Waals surface area contributed by atoms with Crippen molar-refractivity contribution in [3.63, 3.8) is 0 Å². The van der Waals surface area contributed by atoms with E-state index in [1.807, 2.05) is 6.92 Å². The second kappa shape index (κ2) is 7.04. The highest BCUT2D eigenvalue weighted by molar-refractivity contribution is 5.94. The summed E-state index contributed by atoms with van der Waals surface area (Å²) in [6.07, 6.45) is 3.98. The summed E-state index contributed by atoms with van der Waals surface area (Å²) in [6, 6.07) is 5.67. The maximum Gasteiger partial charge on any atom is 0.230 e. The second-order valence-corrected chi connectivity index (χ2v) is 6.19. The SMILES string of the molecule is CCn1cc(NC(=O)[C@H]2CCC(=O)N(C)[C@@H]2c2ccccc2F)cn1. The van der Waals surface area contributed by atoms with Crippen molar-refractivity contribution >= 4 is 17.5 Å². The summed E-state index contributed by atoms with van der Waals surface area (Å²) in [7, 11) is 1.62. The molecule has 0 spiro atoms. The van der Waals surface area contributed by atoms with Crippen LogP contribution in [0.5, 0.6) is 0 Å². The van der Waals surface area contributed by atoms with Gasteiger partial charge in [0, 0.05) is 31.8 Å². The minimum Gasteiger partial charge on any atom is -0.338 e. The molecular weight excluding hydrogens is 323 g/mol. The number of likely N-dealkylation sites (tertiary alicyclic amines) is 1. The molecule has 1 aliphatic heterocycles. The summed E-state index contributed by atoms with van der Waals surface area (Å²) in [5, 5.41) is 6.97. The van der Waals surface area contributed by atoms with Gasteiger partial charge < -0.3 is 10.2 Å². The lowest BCUT2D eigenvalue weighted by Gasteiger charge is -2.38. The number of hydrogen-bond acceptors (Lipinski definition) is 3. The normalized spacial score (nSPS) is 20.6. The van der Waals surface area contributed by atoms with Crippen molar-refractivity contribution in [2.75, 3.05) is 12.4 Å². The van der Waals surface area contributed by atoms with E-state index in [1.54, 1.807) is 42.3 Å². The first-order valence-corrected chi connectivity index (χ1v) is 8.34. The number of carbonyl (C=O) groups excluding carboxylic acids is 2. The van der Waals surface area contributed by atoms with Gasteiger partial charge >= 0.3 is 0 Å². The molecule has 1 N–H and O–H groups in total. The van der Waals surface area contributed by atoms with Crippen LogP contribution in [0.1, 0.15) is 31.4 Å². The average molecular weight is 344 g/mol. The van der Waals surface area contributed by atoms with E-state index >= 15 is 0 Å². The third-order valence-electron chi connectivity index (χ3n) is 4.65. The lowest BCUT2D eigenvalue weighted by Crippen LogP contribution is -2.44. The van der Waals surface area contributed by atoms with Gasteiger partial charge in [-0.2, -0.15) is 5.10 Å². The Morgan fingerprint density at radius 1 is 1.40 bits per heavy atom. The van der Waals surface area contributed by atoms with Crippen molar-refractivity contribution in [1.29, 1.82) is 0 Å². The van der Waals surface area contributed by atoms with E-state index in [0.29, 0.717) is 24.2 Å². The Hall–Kier alpha value is -2.70. The number of nitrogens with one attached hydrogen (secondary N) is 1. The van der Waals surface area contributed by atoms with Gasteiger partial charge in [-0.25, -0.2) is 4.39 Å². The minimum absolute atomic E-state index is 0.0869. The molecular formula is C18H21FN4O2. The number of rotatable bonds is 4. The number of amides is 2. The Morgan fingerprint density at radius 3 is 2.84 bits per heavy atom. The number of hydrogen-bond donors (Lipinski definition) is 1. The number of carbonyl (C=O) groups is 2. The first-order valence-electron chi connectivity index (χ1n) is 8.34. The quantitative estimate of drug-likeness (QED) is 0.927. The number of anilines is 1. The first-order chi connectivity index (χ1) is 12.0. The zero-order chi connectivity index (χ0) is 18.0. The van der Waals surface area contributed by atoms with Crippen LogP contribution in [0.2, 0.25) is 0 Å². The highest BCUT2D eigenvalue weighted by atomic mass is 19.1. The van der Waals surface area contributed by atoms with E-state index in [4.69, 9.17) is 0 Å². The van der Waals surface area contributed by atoms with E-state index in [2.05, 4.69) is 10.4 Å². The van der Waals surface area contributed by atoms with Crippen molar-refractivity contribution in [1.82, 2.24) is 14.7 Å². The molecule has 0 saturated carbocycles. The number of benzene rings is 1. The molecule has 6 nitrogen and oxygen atoms in total. The van der Waals surface area contributed by atoms with Crippen molar-refractivity contribution in [3.8, 4) is 0 Å². The predicted octanol–water partition coefficient (Wildman–Crippen LogP) is 2.59. The van der Waals surface area contributed by atoms with Crippen LogP contribution < -0.4 is 5.32 Å². The topological polar surface area (TPSA) is 67.2 Å². The standard InChI is InChI=1S/C18H21FN4O2/c1-3-23-11-12(10-20-23)21-18(25)14-8-9-16(24)22(2)17(14)13-6-4-5-7-15(13)19/h4-7,10-11,14,17H,3,8-9H2,1-2H3,(H,21,25)/t14-,17+/m0/s1. The van der Waals surface area contributed by atoms with Crippen molar-refractivity contribution < 1.29 is 14.0 Å². The number of nitrogens with zero attached hydrogens (tertiary/aromatic N) is 3. The van der Waals surface area contributed by atoms with Gasteiger partial charge in [-0.15, -0.1) is 0 Å². The molecule has 3 rings (SSSR count). The third-order valence-corrected chi connectivity index (χ3v) is 4.65. The van der Waals surface area contributed by atoms with Crippen LogP contribution >= 0.6 is 0 Å². The Balaban J connectivity index is 1.87. The molecule has 1 aromatic heterocycles. The van der Waals surface area contributed by atoms with Crippen LogP contribution in [0.25, 0.3) is 0 Å². The van der Waals surface area contributed by atoms with Crippen LogP contribution in [-0.4, -0.2) is 33.5 Å². The molecule has 1 aromatic carbocycles. The van der Waals surface area contributed by atoms with Crippen LogP contribution in [0, 0.1) is 11.7 Å². The molecule has 2 aromatic rings. The summed E-state index contributed by atoms with van der Waals surface area (Å²) in [4.78, 5) is 26.4. The number of halogens is 1. The molecule has 2 amide bonds. The highest BCUT2D eigenvalue weighted by Crippen LogP contribution is 2.37. The molecule has 7 heteroatoms. The van der Waals surface area contributed by atoms with Crippen LogP contribution in [0.3, 0.4) is 0 Å². The molecule has 0 aliphatic carbocycles. The number of piperidine rings is 1. The van der Waals surface area contributed by atoms with Gasteiger partial charge in [0.1, 0.15) is 5.82 Å². The molecule has 0 bridgehead atoms. The van der Waals surface area contributed by atoms with Gasteiger partial charge in [0.05, 0.1) is 23.8 Å². The molecule has 132 valence electrons. The van der Waals surface area contributed by atoms with Crippen molar-refractivity contribution in [2.24, 2.45) is 5.92 Å². The van der Waals surface area contributed by atoms with E-state index < -0.39 is 17.8 Å². The number of aromatic nitrogens is 2. The van der Waals surface area contributed by atoms with E-state index in [9.17, 15) is 14.0 Å². The molecule has 1 aliphatic rings. The third kappa shape index (κ3) is 3.40. The van der Waals surface area contributed by atoms with Crippen LogP contribution in [-0.2, 0) is 16.1 Å². The Morgan fingerprint density at radius 2 is 2.16 bits per heavy atom. The summed E-state index contributed by atoms with van der Waals surface area (Å²) in [5.74, 6) is -1.26. The van der Waals surface area contributed by atoms with Gasteiger partial charge in [0.2, 0.25) is 11.8 Å². The molecule has 0 radical (unpaired) electrons. The fourth-order valence-electron chi connectivity index (χ4n) is 3.29. The zero-order valence-corrected chi connectivity index (χ0v) is 14.3. The first kappa shape index (κ1) is 17.1. The average Bonchev–Trinajstić information content (AvgIpc) is 3.05. The predicted molar refractivity (Wildman–Crippen MR) is 91.2 cm³/mol. The Bertz CT molecular complexity index is 789. The van der Waals surface area contributed by atoms with Gasteiger partial charge in [0.15, 0.2) is 0 Å². The van der Waals surface area contributed by atoms with Crippen LogP contribution in [0.15, 0.2) is 36.7 Å². The van der Waals surface area contributed by atoms with Gasteiger partial charge in [0.25, 0.3) is 0 Å². The lowest BCUT2D eigenvalue weighted by atomic mass is 9.83. The van der Waals surface area contributed by atoms with Gasteiger partial charge in [-0.3, -0.25) is 14.3 Å². The Kier molecular flexibility index (Phi) is 4.83. The van der Waals surface area contributed by atoms with E-state index in [-0.39, 0.29) is 18.2 Å². The van der Waals surface area contributed by atoms with Crippen molar-refractivity contribution in [3.05, 3.63) is 48.0 Å². The minimum atomic E-state index is -0.622. The maximum absolute atomic E-state index is 14.3. The largest absolute Gasteiger partial charge is 0.338 e. The number of aryl methyl sites for hydroxylation is 1. The lowest BCUT2D eigenvalue weighted by molar-refractivity contribution is -0.140. The maximum atomic E-state index is 14.3. The Labute approximate surface area is 145 Å². The monoisotopic (exact) mass is 344 g/mol. The second-order valence-electron chi connectivity index (χ2n) is 6.19. The molecule has 0 unspecified atom stereocenters. The van der Waals surface area contributed by atoms with E-state index in [1.165, 1.54) is 11.0 Å². The van der Waals surface area contributed by atoms with E-state index in [0.717, 1.165) is 0 Å². The molecule has 25 heavy (non-hydrogen) atoms. The highest BCUT2D eigenvalue weighted by Gasteiger charge is 2.40. The van der Waals surface area contributed by atoms with Crippen LogP contribution in [0.4, 0.5) is 10.1 Å². The fourth-order valence-corrected chi connectivity index (χ4v) is 3.29. The molecule has 2 heterocycles. The smallest absolute Gasteiger partial charge is 0.230 e. The summed E-state index contributed by atoms with van der Waals surface area (Å²) >= 11 is 0. The zero-order valence-electron chi connectivity index (χ0n) is 14.3. The fraction of sp³-hybridized carbons (Fsp3) is 0.389. The van der Waals surface area contributed by atoms with Gasteiger partial charge in [-0.05, 0) is 19.4 Å². The van der Waals surface area contributed by atoms with Crippen molar-refractivity contribution in [2.45, 2.75) is 32.4 Å². The molecule has 1 fully saturated rings. The van der Waals surface area contributed by atoms with Gasteiger partial charge in [-0.1, -0.05) is 18.2 Å². The molecule has 2 atom stereocenters. The molecule has 1 saturated heterocycles.